The maximum atomic E-state index is 13.3. The average molecular weight is 300 g/mol. The van der Waals surface area contributed by atoms with Crippen molar-refractivity contribution in [3.63, 3.8) is 0 Å². The lowest BCUT2D eigenvalue weighted by molar-refractivity contribution is -0.384. The summed E-state index contributed by atoms with van der Waals surface area (Å²) >= 11 is 0. The van der Waals surface area contributed by atoms with E-state index in [4.69, 9.17) is 0 Å². The number of nitro benzene ring substituents is 1. The SMILES string of the molecule is O=[N+]([O-])c1ccccc1N=Nc1c(O)[nH]c2ccc(F)cc12. The Morgan fingerprint density at radius 1 is 1.18 bits per heavy atom. The molecule has 8 heteroatoms. The van der Waals surface area contributed by atoms with Gasteiger partial charge in [0.25, 0.3) is 5.69 Å². The second-order valence-corrected chi connectivity index (χ2v) is 4.46. The highest BCUT2D eigenvalue weighted by molar-refractivity contribution is 5.94. The Labute approximate surface area is 122 Å². The molecule has 2 aromatic carbocycles. The van der Waals surface area contributed by atoms with Gasteiger partial charge >= 0.3 is 0 Å². The second-order valence-electron chi connectivity index (χ2n) is 4.46. The number of hydrogen-bond donors (Lipinski definition) is 2. The van der Waals surface area contributed by atoms with Crippen molar-refractivity contribution in [3.05, 3.63) is 58.4 Å². The summed E-state index contributed by atoms with van der Waals surface area (Å²) in [6.07, 6.45) is 0. The van der Waals surface area contributed by atoms with Gasteiger partial charge in [0, 0.05) is 11.5 Å². The zero-order chi connectivity index (χ0) is 15.7. The van der Waals surface area contributed by atoms with Crippen molar-refractivity contribution in [2.75, 3.05) is 0 Å². The molecule has 0 fully saturated rings. The van der Waals surface area contributed by atoms with Crippen molar-refractivity contribution in [1.82, 2.24) is 4.98 Å². The van der Waals surface area contributed by atoms with Crippen LogP contribution in [0.1, 0.15) is 0 Å². The van der Waals surface area contributed by atoms with Gasteiger partial charge in [0.15, 0.2) is 11.4 Å². The topological polar surface area (TPSA) is 104 Å². The molecule has 1 heterocycles. The molecule has 22 heavy (non-hydrogen) atoms. The zero-order valence-electron chi connectivity index (χ0n) is 11.0. The minimum Gasteiger partial charge on any atom is -0.493 e. The number of H-pyrrole nitrogens is 1. The summed E-state index contributed by atoms with van der Waals surface area (Å²) in [5, 5.41) is 28.7. The third-order valence-corrected chi connectivity index (χ3v) is 3.05. The smallest absolute Gasteiger partial charge is 0.296 e. The molecule has 0 saturated carbocycles. The molecule has 0 amide bonds. The van der Waals surface area contributed by atoms with Gasteiger partial charge in [-0.2, -0.15) is 0 Å². The fourth-order valence-electron chi connectivity index (χ4n) is 2.04. The van der Waals surface area contributed by atoms with Crippen molar-refractivity contribution >= 4 is 28.0 Å². The largest absolute Gasteiger partial charge is 0.493 e. The number of para-hydroxylation sites is 1. The standard InChI is InChI=1S/C14H9FN4O3/c15-8-5-6-10-9(7-8)13(14(20)16-10)18-17-11-3-1-2-4-12(11)19(21)22/h1-7,16,20H. The van der Waals surface area contributed by atoms with Crippen LogP contribution in [0, 0.1) is 15.9 Å². The highest BCUT2D eigenvalue weighted by Gasteiger charge is 2.14. The number of fused-ring (bicyclic) bond motifs is 1. The van der Waals surface area contributed by atoms with E-state index in [1.807, 2.05) is 0 Å². The number of nitrogens with zero attached hydrogens (tertiary/aromatic N) is 3. The molecule has 3 aromatic rings. The summed E-state index contributed by atoms with van der Waals surface area (Å²) < 4.78 is 13.3. The lowest BCUT2D eigenvalue weighted by Crippen LogP contribution is -1.86. The Bertz CT molecular complexity index is 904. The Hall–Kier alpha value is -3.29. The molecule has 0 aliphatic carbocycles. The first-order valence-electron chi connectivity index (χ1n) is 6.21. The monoisotopic (exact) mass is 300 g/mol. The maximum Gasteiger partial charge on any atom is 0.296 e. The summed E-state index contributed by atoms with van der Waals surface area (Å²) in [4.78, 5) is 13.0. The molecule has 0 bridgehead atoms. The molecule has 0 spiro atoms. The number of aromatic nitrogens is 1. The lowest BCUT2D eigenvalue weighted by atomic mass is 10.2. The van der Waals surface area contributed by atoms with Crippen LogP contribution in [-0.4, -0.2) is 15.0 Å². The van der Waals surface area contributed by atoms with Gasteiger partial charge in [-0.25, -0.2) is 4.39 Å². The van der Waals surface area contributed by atoms with E-state index >= 15 is 0 Å². The first-order chi connectivity index (χ1) is 10.6. The zero-order valence-corrected chi connectivity index (χ0v) is 11.0. The maximum absolute atomic E-state index is 13.3. The van der Waals surface area contributed by atoms with Crippen LogP contribution in [0.2, 0.25) is 0 Å². The molecule has 7 nitrogen and oxygen atoms in total. The van der Waals surface area contributed by atoms with Gasteiger partial charge in [-0.1, -0.05) is 12.1 Å². The predicted molar refractivity (Wildman–Crippen MR) is 77.2 cm³/mol. The van der Waals surface area contributed by atoms with Crippen LogP contribution in [0.5, 0.6) is 5.88 Å². The molecule has 3 rings (SSSR count). The fourth-order valence-corrected chi connectivity index (χ4v) is 2.04. The number of nitrogens with one attached hydrogen (secondary N) is 1. The molecule has 0 aliphatic rings. The molecule has 0 aliphatic heterocycles. The highest BCUT2D eigenvalue weighted by atomic mass is 19.1. The molecule has 0 radical (unpaired) electrons. The molecular weight excluding hydrogens is 291 g/mol. The number of nitro groups is 1. The van der Waals surface area contributed by atoms with Crippen molar-refractivity contribution < 1.29 is 14.4 Å². The van der Waals surface area contributed by atoms with E-state index in [0.29, 0.717) is 10.9 Å². The third-order valence-electron chi connectivity index (χ3n) is 3.05. The van der Waals surface area contributed by atoms with Crippen LogP contribution in [0.15, 0.2) is 52.7 Å². The Morgan fingerprint density at radius 2 is 1.95 bits per heavy atom. The van der Waals surface area contributed by atoms with Gasteiger partial charge in [-0.05, 0) is 24.3 Å². The van der Waals surface area contributed by atoms with Gasteiger partial charge in [-0.15, -0.1) is 10.2 Å². The van der Waals surface area contributed by atoms with E-state index in [2.05, 4.69) is 15.2 Å². The summed E-state index contributed by atoms with van der Waals surface area (Å²) in [6.45, 7) is 0. The third kappa shape index (κ3) is 2.37. The Morgan fingerprint density at radius 3 is 2.73 bits per heavy atom. The quantitative estimate of drug-likeness (QED) is 0.427. The van der Waals surface area contributed by atoms with Crippen LogP contribution in [0.25, 0.3) is 10.9 Å². The number of azo groups is 1. The summed E-state index contributed by atoms with van der Waals surface area (Å²) in [6, 6.07) is 9.69. The van der Waals surface area contributed by atoms with Gasteiger partial charge in [0.2, 0.25) is 5.88 Å². The van der Waals surface area contributed by atoms with Crippen LogP contribution in [0.4, 0.5) is 21.5 Å². The first kappa shape index (κ1) is 13.7. The van der Waals surface area contributed by atoms with Crippen LogP contribution >= 0.6 is 0 Å². The molecule has 2 N–H and O–H groups in total. The molecule has 0 saturated heterocycles. The first-order valence-corrected chi connectivity index (χ1v) is 6.21. The predicted octanol–water partition coefficient (Wildman–Crippen LogP) is 4.34. The van der Waals surface area contributed by atoms with E-state index in [9.17, 15) is 19.6 Å². The minimum absolute atomic E-state index is 0.0210. The average Bonchev–Trinajstić information content (AvgIpc) is 2.80. The second kappa shape index (κ2) is 5.24. The van der Waals surface area contributed by atoms with E-state index in [-0.39, 0.29) is 22.9 Å². The highest BCUT2D eigenvalue weighted by Crippen LogP contribution is 2.37. The minimum atomic E-state index is -0.580. The van der Waals surface area contributed by atoms with E-state index in [0.717, 1.165) is 0 Å². The van der Waals surface area contributed by atoms with Crippen molar-refractivity contribution in [2.45, 2.75) is 0 Å². The number of rotatable bonds is 3. The van der Waals surface area contributed by atoms with Crippen LogP contribution in [0.3, 0.4) is 0 Å². The number of hydrogen-bond acceptors (Lipinski definition) is 5. The number of aromatic hydroxyl groups is 1. The van der Waals surface area contributed by atoms with Crippen molar-refractivity contribution in [3.8, 4) is 5.88 Å². The normalized spacial score (nSPS) is 11.3. The summed E-state index contributed by atoms with van der Waals surface area (Å²) in [7, 11) is 0. The molecular formula is C14H9FN4O3. The number of halogens is 1. The molecule has 0 atom stereocenters. The number of aromatic amines is 1. The lowest BCUT2D eigenvalue weighted by Gasteiger charge is -1.95. The summed E-state index contributed by atoms with van der Waals surface area (Å²) in [5.41, 5.74) is 0.331. The van der Waals surface area contributed by atoms with Crippen molar-refractivity contribution in [1.29, 1.82) is 0 Å². The summed E-state index contributed by atoms with van der Waals surface area (Å²) in [5.74, 6) is -0.781. The van der Waals surface area contributed by atoms with E-state index in [1.165, 1.54) is 36.4 Å². The molecule has 0 unspecified atom stereocenters. The van der Waals surface area contributed by atoms with Crippen LogP contribution in [-0.2, 0) is 0 Å². The van der Waals surface area contributed by atoms with Crippen LogP contribution < -0.4 is 0 Å². The van der Waals surface area contributed by atoms with Gasteiger partial charge < -0.3 is 10.1 Å². The number of benzene rings is 2. The van der Waals surface area contributed by atoms with Gasteiger partial charge in [-0.3, -0.25) is 10.1 Å². The van der Waals surface area contributed by atoms with Gasteiger partial charge in [0.05, 0.1) is 10.4 Å². The van der Waals surface area contributed by atoms with E-state index in [1.54, 1.807) is 6.07 Å². The molecule has 110 valence electrons. The Kier molecular flexibility index (Phi) is 3.26. The van der Waals surface area contributed by atoms with E-state index < -0.39 is 10.7 Å². The van der Waals surface area contributed by atoms with Gasteiger partial charge in [0.1, 0.15) is 5.82 Å². The molecule has 1 aromatic heterocycles. The Balaban J connectivity index is 2.09. The van der Waals surface area contributed by atoms with Crippen molar-refractivity contribution in [2.24, 2.45) is 10.2 Å². The fraction of sp³-hybridized carbons (Fsp3) is 0.